The monoisotopic (exact) mass is 367 g/mol. The van der Waals surface area contributed by atoms with E-state index in [1.807, 2.05) is 25.1 Å². The first-order valence-electron chi connectivity index (χ1n) is 9.56. The first-order chi connectivity index (χ1) is 13.1. The van der Waals surface area contributed by atoms with Gasteiger partial charge in [0.05, 0.1) is 19.6 Å². The molecule has 0 unspecified atom stereocenters. The number of methoxy groups -OCH3 is 1. The number of benzene rings is 1. The fourth-order valence-corrected chi connectivity index (χ4v) is 3.88. The van der Waals surface area contributed by atoms with Crippen molar-refractivity contribution in [1.82, 2.24) is 15.3 Å². The summed E-state index contributed by atoms with van der Waals surface area (Å²) in [5, 5.41) is 2.99. The van der Waals surface area contributed by atoms with Crippen molar-refractivity contribution in [3.63, 3.8) is 0 Å². The lowest BCUT2D eigenvalue weighted by atomic mass is 9.95. The molecule has 1 amide bonds. The van der Waals surface area contributed by atoms with Crippen LogP contribution in [0.1, 0.15) is 41.2 Å². The van der Waals surface area contributed by atoms with Crippen LogP contribution in [-0.2, 0) is 30.6 Å². The standard InChI is InChI=1S/C21H25N3O3/c1-13-17-5-3-4-6-18(17)24-20(23-13)11-22-21(25)15-9-14-7-8-16(26-2)10-19(14)27-12-15/h7-8,10,15H,3-6,9,11-12H2,1-2H3,(H,22,25)/t15-/m0/s1. The number of nitrogens with zero attached hydrogens (tertiary/aromatic N) is 2. The van der Waals surface area contributed by atoms with E-state index in [-0.39, 0.29) is 11.8 Å². The van der Waals surface area contributed by atoms with Gasteiger partial charge in [-0.15, -0.1) is 0 Å². The van der Waals surface area contributed by atoms with Gasteiger partial charge in [-0.25, -0.2) is 9.97 Å². The molecule has 4 rings (SSSR count). The minimum atomic E-state index is -0.204. The van der Waals surface area contributed by atoms with Gasteiger partial charge in [0.2, 0.25) is 5.91 Å². The van der Waals surface area contributed by atoms with Crippen LogP contribution in [0.5, 0.6) is 11.5 Å². The first-order valence-corrected chi connectivity index (χ1v) is 9.56. The summed E-state index contributed by atoms with van der Waals surface area (Å²) in [4.78, 5) is 21.9. The van der Waals surface area contributed by atoms with Crippen LogP contribution in [0, 0.1) is 12.8 Å². The summed E-state index contributed by atoms with van der Waals surface area (Å²) in [7, 11) is 1.63. The van der Waals surface area contributed by atoms with Crippen molar-refractivity contribution in [1.29, 1.82) is 0 Å². The molecule has 0 spiro atoms. The Morgan fingerprint density at radius 2 is 2.15 bits per heavy atom. The van der Waals surface area contributed by atoms with E-state index in [1.54, 1.807) is 7.11 Å². The van der Waals surface area contributed by atoms with Crippen LogP contribution in [-0.4, -0.2) is 29.6 Å². The Hall–Kier alpha value is -2.63. The van der Waals surface area contributed by atoms with Gasteiger partial charge >= 0.3 is 0 Å². The molecule has 1 aliphatic carbocycles. The van der Waals surface area contributed by atoms with Crippen LogP contribution in [0.2, 0.25) is 0 Å². The van der Waals surface area contributed by atoms with E-state index in [0.29, 0.717) is 25.4 Å². The highest BCUT2D eigenvalue weighted by Gasteiger charge is 2.26. The molecule has 2 heterocycles. The second-order valence-electron chi connectivity index (χ2n) is 7.26. The lowest BCUT2D eigenvalue weighted by molar-refractivity contribution is -0.126. The van der Waals surface area contributed by atoms with E-state index in [1.165, 1.54) is 18.4 Å². The second-order valence-corrected chi connectivity index (χ2v) is 7.26. The van der Waals surface area contributed by atoms with Crippen molar-refractivity contribution >= 4 is 5.91 Å². The quantitative estimate of drug-likeness (QED) is 0.899. The van der Waals surface area contributed by atoms with Crippen molar-refractivity contribution in [2.45, 2.75) is 45.6 Å². The molecule has 0 fully saturated rings. The van der Waals surface area contributed by atoms with Gasteiger partial charge in [0, 0.05) is 17.5 Å². The van der Waals surface area contributed by atoms with Crippen molar-refractivity contribution in [3.8, 4) is 11.5 Å². The lowest BCUT2D eigenvalue weighted by Crippen LogP contribution is -2.37. The number of hydrogen-bond donors (Lipinski definition) is 1. The topological polar surface area (TPSA) is 73.3 Å². The third kappa shape index (κ3) is 3.75. The lowest BCUT2D eigenvalue weighted by Gasteiger charge is -2.25. The van der Waals surface area contributed by atoms with E-state index in [9.17, 15) is 4.79 Å². The van der Waals surface area contributed by atoms with Gasteiger partial charge in [-0.1, -0.05) is 6.07 Å². The minimum Gasteiger partial charge on any atom is -0.497 e. The fraction of sp³-hybridized carbons (Fsp3) is 0.476. The molecule has 6 nitrogen and oxygen atoms in total. The average Bonchev–Trinajstić information content (AvgIpc) is 2.71. The van der Waals surface area contributed by atoms with E-state index < -0.39 is 0 Å². The van der Waals surface area contributed by atoms with Crippen molar-refractivity contribution < 1.29 is 14.3 Å². The van der Waals surface area contributed by atoms with Gasteiger partial charge < -0.3 is 14.8 Å². The number of ether oxygens (including phenoxy) is 2. The molecule has 1 N–H and O–H groups in total. The molecule has 1 aromatic carbocycles. The molecular weight excluding hydrogens is 342 g/mol. The van der Waals surface area contributed by atoms with Crippen molar-refractivity contribution in [2.24, 2.45) is 5.92 Å². The first kappa shape index (κ1) is 17.8. The van der Waals surface area contributed by atoms with Crippen LogP contribution < -0.4 is 14.8 Å². The van der Waals surface area contributed by atoms with E-state index in [0.717, 1.165) is 41.3 Å². The largest absolute Gasteiger partial charge is 0.497 e. The number of aromatic nitrogens is 2. The minimum absolute atomic E-state index is 0.0181. The molecule has 1 aliphatic heterocycles. The highest BCUT2D eigenvalue weighted by atomic mass is 16.5. The molecule has 2 aliphatic rings. The summed E-state index contributed by atoms with van der Waals surface area (Å²) in [5.41, 5.74) is 4.53. The molecule has 27 heavy (non-hydrogen) atoms. The second kappa shape index (κ2) is 7.55. The normalized spacial score (nSPS) is 18.1. The van der Waals surface area contributed by atoms with Gasteiger partial charge in [-0.2, -0.15) is 0 Å². The number of carbonyl (C=O) groups excluding carboxylic acids is 1. The SMILES string of the molecule is COc1ccc2c(c1)OC[C@@H](C(=O)NCc1nc(C)c3c(n1)CCCC3)C2. The third-order valence-electron chi connectivity index (χ3n) is 5.41. The summed E-state index contributed by atoms with van der Waals surface area (Å²) in [6.07, 6.45) is 5.13. The Labute approximate surface area is 159 Å². The average molecular weight is 367 g/mol. The Bertz CT molecular complexity index is 866. The number of amides is 1. The van der Waals surface area contributed by atoms with Gasteiger partial charge in [0.25, 0.3) is 0 Å². The maximum atomic E-state index is 12.6. The molecule has 1 aromatic heterocycles. The Kier molecular flexibility index (Phi) is 4.97. The zero-order chi connectivity index (χ0) is 18.8. The molecule has 6 heteroatoms. The molecule has 142 valence electrons. The number of aryl methyl sites for hydroxylation is 2. The molecule has 2 aromatic rings. The molecule has 0 saturated carbocycles. The van der Waals surface area contributed by atoms with Gasteiger partial charge in [0.15, 0.2) is 0 Å². The van der Waals surface area contributed by atoms with Gasteiger partial charge in [-0.05, 0) is 56.2 Å². The zero-order valence-electron chi connectivity index (χ0n) is 15.9. The van der Waals surface area contributed by atoms with Crippen LogP contribution in [0.4, 0.5) is 0 Å². The predicted octanol–water partition coefficient (Wildman–Crippen LogP) is 2.54. The molecule has 0 bridgehead atoms. The summed E-state index contributed by atoms with van der Waals surface area (Å²) >= 11 is 0. The highest BCUT2D eigenvalue weighted by Crippen LogP contribution is 2.31. The van der Waals surface area contributed by atoms with Gasteiger partial charge in [0.1, 0.15) is 23.9 Å². The Morgan fingerprint density at radius 1 is 1.30 bits per heavy atom. The summed E-state index contributed by atoms with van der Waals surface area (Å²) in [6.45, 7) is 2.77. The van der Waals surface area contributed by atoms with Crippen LogP contribution >= 0.6 is 0 Å². The highest BCUT2D eigenvalue weighted by molar-refractivity contribution is 5.79. The fourth-order valence-electron chi connectivity index (χ4n) is 3.88. The third-order valence-corrected chi connectivity index (χ3v) is 5.41. The Morgan fingerprint density at radius 3 is 3.00 bits per heavy atom. The number of carbonyl (C=O) groups is 1. The predicted molar refractivity (Wildman–Crippen MR) is 101 cm³/mol. The van der Waals surface area contributed by atoms with Crippen LogP contribution in [0.3, 0.4) is 0 Å². The summed E-state index contributed by atoms with van der Waals surface area (Å²) < 4.78 is 11.0. The number of fused-ring (bicyclic) bond motifs is 2. The van der Waals surface area contributed by atoms with Crippen molar-refractivity contribution in [2.75, 3.05) is 13.7 Å². The van der Waals surface area contributed by atoms with Crippen LogP contribution in [0.25, 0.3) is 0 Å². The number of nitrogens with one attached hydrogen (secondary N) is 1. The molecule has 1 atom stereocenters. The summed E-state index contributed by atoms with van der Waals surface area (Å²) in [6, 6.07) is 5.73. The van der Waals surface area contributed by atoms with E-state index in [2.05, 4.69) is 15.3 Å². The summed E-state index contributed by atoms with van der Waals surface area (Å²) in [5.74, 6) is 2.03. The number of rotatable bonds is 4. The molecule has 0 saturated heterocycles. The van der Waals surface area contributed by atoms with Crippen molar-refractivity contribution in [3.05, 3.63) is 46.5 Å². The van der Waals surface area contributed by atoms with E-state index in [4.69, 9.17) is 9.47 Å². The number of hydrogen-bond acceptors (Lipinski definition) is 5. The molecule has 0 radical (unpaired) electrons. The smallest absolute Gasteiger partial charge is 0.227 e. The molecular formula is C21H25N3O3. The maximum absolute atomic E-state index is 12.6. The Balaban J connectivity index is 1.39. The van der Waals surface area contributed by atoms with Crippen LogP contribution in [0.15, 0.2) is 18.2 Å². The zero-order valence-corrected chi connectivity index (χ0v) is 15.9. The van der Waals surface area contributed by atoms with E-state index >= 15 is 0 Å². The maximum Gasteiger partial charge on any atom is 0.227 e. The van der Waals surface area contributed by atoms with Gasteiger partial charge in [-0.3, -0.25) is 4.79 Å².